The Bertz CT molecular complexity index is 318. The fourth-order valence-electron chi connectivity index (χ4n) is 0.934. The molecule has 5 heteroatoms. The van der Waals surface area contributed by atoms with Crippen LogP contribution < -0.4 is 9.47 Å². The molecule has 0 unspecified atom stereocenters. The van der Waals surface area contributed by atoms with Gasteiger partial charge >= 0.3 is 6.01 Å². The van der Waals surface area contributed by atoms with Gasteiger partial charge in [-0.1, -0.05) is 0 Å². The molecular formula is C9H13BrN2O2. The molecule has 0 radical (unpaired) electrons. The Hall–Kier alpha value is -0.840. The number of hydrogen-bond acceptors (Lipinski definition) is 4. The van der Waals surface area contributed by atoms with Crippen molar-refractivity contribution in [2.24, 2.45) is 0 Å². The third-order valence-corrected chi connectivity index (χ3v) is 2.43. The lowest BCUT2D eigenvalue weighted by atomic mass is 10.4. The summed E-state index contributed by atoms with van der Waals surface area (Å²) in [6.45, 7) is 6.79. The van der Waals surface area contributed by atoms with Gasteiger partial charge in [0.15, 0.2) is 0 Å². The van der Waals surface area contributed by atoms with Crippen molar-refractivity contribution in [2.75, 3.05) is 13.2 Å². The van der Waals surface area contributed by atoms with Crippen molar-refractivity contribution in [2.45, 2.75) is 20.8 Å². The molecule has 0 saturated carbocycles. The van der Waals surface area contributed by atoms with E-state index in [0.717, 1.165) is 10.2 Å². The molecule has 0 N–H and O–H groups in total. The highest BCUT2D eigenvalue weighted by Gasteiger charge is 2.10. The maximum absolute atomic E-state index is 5.33. The third-order valence-electron chi connectivity index (χ3n) is 1.52. The molecule has 0 aliphatic rings. The molecule has 0 aliphatic heterocycles. The summed E-state index contributed by atoms with van der Waals surface area (Å²) in [6, 6.07) is 0.358. The van der Waals surface area contributed by atoms with Gasteiger partial charge in [0.1, 0.15) is 4.47 Å². The lowest BCUT2D eigenvalue weighted by Crippen LogP contribution is -2.03. The lowest BCUT2D eigenvalue weighted by Gasteiger charge is -2.08. The Kier molecular flexibility index (Phi) is 4.13. The topological polar surface area (TPSA) is 44.2 Å². The highest BCUT2D eigenvalue weighted by atomic mass is 79.9. The van der Waals surface area contributed by atoms with E-state index in [-0.39, 0.29) is 0 Å². The van der Waals surface area contributed by atoms with Gasteiger partial charge in [0.05, 0.1) is 18.9 Å². The first-order chi connectivity index (χ1) is 6.69. The summed E-state index contributed by atoms with van der Waals surface area (Å²) in [5.74, 6) is 0.531. The quantitative estimate of drug-likeness (QED) is 0.834. The molecule has 0 spiro atoms. The minimum Gasteiger partial charge on any atom is -0.477 e. The second kappa shape index (κ2) is 5.14. The maximum Gasteiger partial charge on any atom is 0.319 e. The molecule has 1 heterocycles. The summed E-state index contributed by atoms with van der Waals surface area (Å²) in [5, 5.41) is 0. The van der Waals surface area contributed by atoms with Gasteiger partial charge < -0.3 is 9.47 Å². The minimum atomic E-state index is 0.358. The van der Waals surface area contributed by atoms with Gasteiger partial charge in [-0.3, -0.25) is 0 Å². The van der Waals surface area contributed by atoms with Crippen LogP contribution in [0.3, 0.4) is 0 Å². The van der Waals surface area contributed by atoms with E-state index in [2.05, 4.69) is 25.9 Å². The molecule has 1 aromatic rings. The molecule has 0 atom stereocenters. The summed E-state index contributed by atoms with van der Waals surface area (Å²) in [7, 11) is 0. The van der Waals surface area contributed by atoms with Crippen LogP contribution in [-0.2, 0) is 0 Å². The predicted octanol–water partition coefficient (Wildman–Crippen LogP) is 2.34. The van der Waals surface area contributed by atoms with Crippen LogP contribution in [0.25, 0.3) is 0 Å². The van der Waals surface area contributed by atoms with Crippen molar-refractivity contribution in [3.05, 3.63) is 10.2 Å². The van der Waals surface area contributed by atoms with Crippen molar-refractivity contribution in [3.8, 4) is 11.9 Å². The van der Waals surface area contributed by atoms with Crippen molar-refractivity contribution in [1.82, 2.24) is 9.97 Å². The number of hydrogen-bond donors (Lipinski definition) is 0. The van der Waals surface area contributed by atoms with Gasteiger partial charge in [-0.2, -0.15) is 9.97 Å². The lowest BCUT2D eigenvalue weighted by molar-refractivity contribution is 0.286. The molecule has 4 nitrogen and oxygen atoms in total. The van der Waals surface area contributed by atoms with Crippen molar-refractivity contribution >= 4 is 15.9 Å². The van der Waals surface area contributed by atoms with Crippen LogP contribution in [0.2, 0.25) is 0 Å². The van der Waals surface area contributed by atoms with Gasteiger partial charge in [0.2, 0.25) is 5.88 Å². The molecule has 14 heavy (non-hydrogen) atoms. The zero-order chi connectivity index (χ0) is 10.6. The van der Waals surface area contributed by atoms with Gasteiger partial charge in [-0.15, -0.1) is 0 Å². The number of nitrogens with zero attached hydrogens (tertiary/aromatic N) is 2. The standard InChI is InChI=1S/C9H13BrN2O2/c1-4-13-8-7(10)6(3)11-9(12-8)14-5-2/h4-5H2,1-3H3. The van der Waals surface area contributed by atoms with Crippen LogP contribution in [-0.4, -0.2) is 23.2 Å². The number of aryl methyl sites for hydroxylation is 1. The predicted molar refractivity (Wildman–Crippen MR) is 56.8 cm³/mol. The monoisotopic (exact) mass is 260 g/mol. The second-order valence-corrected chi connectivity index (χ2v) is 3.37. The zero-order valence-electron chi connectivity index (χ0n) is 8.50. The van der Waals surface area contributed by atoms with Crippen LogP contribution in [0.5, 0.6) is 11.9 Å². The normalized spacial score (nSPS) is 10.0. The molecule has 1 rings (SSSR count). The molecule has 1 aromatic heterocycles. The molecule has 0 bridgehead atoms. The van der Waals surface area contributed by atoms with Crippen LogP contribution in [0.4, 0.5) is 0 Å². The van der Waals surface area contributed by atoms with Crippen LogP contribution in [0, 0.1) is 6.92 Å². The Morgan fingerprint density at radius 1 is 1.14 bits per heavy atom. The first kappa shape index (κ1) is 11.2. The average molecular weight is 261 g/mol. The van der Waals surface area contributed by atoms with Gasteiger partial charge in [0, 0.05) is 0 Å². The minimum absolute atomic E-state index is 0.358. The molecule has 0 aliphatic carbocycles. The summed E-state index contributed by atoms with van der Waals surface area (Å²) < 4.78 is 11.3. The van der Waals surface area contributed by atoms with Crippen LogP contribution in [0.1, 0.15) is 19.5 Å². The number of halogens is 1. The second-order valence-electron chi connectivity index (χ2n) is 2.58. The van der Waals surface area contributed by atoms with E-state index >= 15 is 0 Å². The summed E-state index contributed by atoms with van der Waals surface area (Å²) in [6.07, 6.45) is 0. The van der Waals surface area contributed by atoms with Crippen LogP contribution >= 0.6 is 15.9 Å². The Labute approximate surface area is 91.8 Å². The summed E-state index contributed by atoms with van der Waals surface area (Å²) in [4.78, 5) is 8.26. The van der Waals surface area contributed by atoms with Crippen molar-refractivity contribution in [3.63, 3.8) is 0 Å². The first-order valence-corrected chi connectivity index (χ1v) is 5.28. The Morgan fingerprint density at radius 2 is 1.79 bits per heavy atom. The van der Waals surface area contributed by atoms with E-state index in [1.165, 1.54) is 0 Å². The number of aromatic nitrogens is 2. The molecule has 0 fully saturated rings. The molecule has 0 aromatic carbocycles. The van der Waals surface area contributed by atoms with E-state index in [1.807, 2.05) is 20.8 Å². The van der Waals surface area contributed by atoms with E-state index in [9.17, 15) is 0 Å². The molecule has 0 amide bonds. The smallest absolute Gasteiger partial charge is 0.319 e. The Morgan fingerprint density at radius 3 is 2.36 bits per heavy atom. The van der Waals surface area contributed by atoms with Gasteiger partial charge in [-0.05, 0) is 36.7 Å². The average Bonchev–Trinajstić information content (AvgIpc) is 2.14. The molecular weight excluding hydrogens is 248 g/mol. The Balaban J connectivity index is 3.01. The fourth-order valence-corrected chi connectivity index (χ4v) is 1.23. The largest absolute Gasteiger partial charge is 0.477 e. The van der Waals surface area contributed by atoms with E-state index < -0.39 is 0 Å². The molecule has 0 saturated heterocycles. The fraction of sp³-hybridized carbons (Fsp3) is 0.556. The third kappa shape index (κ3) is 2.57. The van der Waals surface area contributed by atoms with E-state index in [1.54, 1.807) is 0 Å². The zero-order valence-corrected chi connectivity index (χ0v) is 10.1. The summed E-state index contributed by atoms with van der Waals surface area (Å²) >= 11 is 3.36. The maximum atomic E-state index is 5.33. The van der Waals surface area contributed by atoms with Gasteiger partial charge in [-0.25, -0.2) is 0 Å². The first-order valence-electron chi connectivity index (χ1n) is 4.48. The highest BCUT2D eigenvalue weighted by molar-refractivity contribution is 9.10. The highest BCUT2D eigenvalue weighted by Crippen LogP contribution is 2.27. The van der Waals surface area contributed by atoms with Crippen LogP contribution in [0.15, 0.2) is 4.47 Å². The number of ether oxygens (including phenoxy) is 2. The van der Waals surface area contributed by atoms with E-state index in [4.69, 9.17) is 9.47 Å². The number of rotatable bonds is 4. The van der Waals surface area contributed by atoms with Gasteiger partial charge in [0.25, 0.3) is 0 Å². The summed E-state index contributed by atoms with van der Waals surface area (Å²) in [5.41, 5.74) is 0.812. The SMILES string of the molecule is CCOc1nc(C)c(Br)c(OCC)n1. The van der Waals surface area contributed by atoms with E-state index in [0.29, 0.717) is 25.1 Å². The molecule has 78 valence electrons. The van der Waals surface area contributed by atoms with Crippen molar-refractivity contribution in [1.29, 1.82) is 0 Å². The van der Waals surface area contributed by atoms with Crippen molar-refractivity contribution < 1.29 is 9.47 Å².